The Morgan fingerprint density at radius 3 is 1.33 bits per heavy atom. The molecule has 0 bridgehead atoms. The SMILES string of the molecule is CCOc1ccc(C2(c3ccc(OCC)cc3)c3cc(Br)ccc3-c3ccc(Br)cc32)cc1. The Morgan fingerprint density at radius 2 is 0.970 bits per heavy atom. The molecule has 0 saturated heterocycles. The van der Waals surface area contributed by atoms with E-state index < -0.39 is 5.41 Å². The molecule has 0 radical (unpaired) electrons. The molecule has 33 heavy (non-hydrogen) atoms. The molecule has 4 aromatic rings. The molecular weight excluding hydrogens is 540 g/mol. The van der Waals surface area contributed by atoms with Crippen LogP contribution in [0.3, 0.4) is 0 Å². The fraction of sp³-hybridized carbons (Fsp3) is 0.172. The van der Waals surface area contributed by atoms with Crippen molar-refractivity contribution < 1.29 is 9.47 Å². The highest BCUT2D eigenvalue weighted by Gasteiger charge is 2.46. The third kappa shape index (κ3) is 3.70. The molecule has 1 aliphatic carbocycles. The summed E-state index contributed by atoms with van der Waals surface area (Å²) in [6.07, 6.45) is 0. The van der Waals surface area contributed by atoms with E-state index in [9.17, 15) is 0 Å². The van der Waals surface area contributed by atoms with Crippen molar-refractivity contribution >= 4 is 31.9 Å². The lowest BCUT2D eigenvalue weighted by atomic mass is 9.67. The summed E-state index contributed by atoms with van der Waals surface area (Å²) >= 11 is 7.47. The van der Waals surface area contributed by atoms with E-state index in [4.69, 9.17) is 9.47 Å². The number of fused-ring (bicyclic) bond motifs is 3. The van der Waals surface area contributed by atoms with Gasteiger partial charge in [0, 0.05) is 8.95 Å². The summed E-state index contributed by atoms with van der Waals surface area (Å²) in [6, 6.07) is 30.3. The third-order valence-electron chi connectivity index (χ3n) is 6.26. The van der Waals surface area contributed by atoms with Crippen molar-refractivity contribution in [3.05, 3.63) is 116 Å². The molecule has 0 spiro atoms. The van der Waals surface area contributed by atoms with Gasteiger partial charge in [-0.25, -0.2) is 0 Å². The summed E-state index contributed by atoms with van der Waals surface area (Å²) in [5.41, 5.74) is 6.97. The standard InChI is InChI=1S/C29H24Br2O2/c1-3-32-23-11-5-19(6-12-23)29(20-7-13-24(14-8-20)33-4-2)27-17-21(30)9-15-25(27)26-16-10-22(31)18-28(26)29/h5-18H,3-4H2,1-2H3. The van der Waals surface area contributed by atoms with Crippen LogP contribution >= 0.6 is 31.9 Å². The predicted molar refractivity (Wildman–Crippen MR) is 141 cm³/mol. The molecule has 2 nitrogen and oxygen atoms in total. The molecule has 0 atom stereocenters. The van der Waals surface area contributed by atoms with E-state index in [0.29, 0.717) is 13.2 Å². The van der Waals surface area contributed by atoms with Gasteiger partial charge in [0.2, 0.25) is 0 Å². The second kappa shape index (κ2) is 9.00. The maximum Gasteiger partial charge on any atom is 0.119 e. The number of ether oxygens (including phenoxy) is 2. The van der Waals surface area contributed by atoms with Crippen molar-refractivity contribution in [2.75, 3.05) is 13.2 Å². The van der Waals surface area contributed by atoms with Crippen LogP contribution in [-0.4, -0.2) is 13.2 Å². The van der Waals surface area contributed by atoms with Crippen LogP contribution in [0.15, 0.2) is 93.9 Å². The molecule has 4 heteroatoms. The van der Waals surface area contributed by atoms with Gasteiger partial charge in [-0.2, -0.15) is 0 Å². The van der Waals surface area contributed by atoms with Crippen LogP contribution in [0.5, 0.6) is 11.5 Å². The van der Waals surface area contributed by atoms with E-state index in [2.05, 4.69) is 117 Å². The molecule has 0 N–H and O–H groups in total. The van der Waals surface area contributed by atoms with Gasteiger partial charge in [-0.15, -0.1) is 0 Å². The Kier molecular flexibility index (Phi) is 6.07. The zero-order chi connectivity index (χ0) is 23.0. The molecule has 0 saturated carbocycles. The summed E-state index contributed by atoms with van der Waals surface area (Å²) < 4.78 is 13.6. The Balaban J connectivity index is 1.84. The number of hydrogen-bond donors (Lipinski definition) is 0. The van der Waals surface area contributed by atoms with Gasteiger partial charge in [0.25, 0.3) is 0 Å². The zero-order valence-corrected chi connectivity index (χ0v) is 21.7. The van der Waals surface area contributed by atoms with Gasteiger partial charge >= 0.3 is 0 Å². The van der Waals surface area contributed by atoms with Crippen molar-refractivity contribution in [1.29, 1.82) is 0 Å². The minimum absolute atomic E-state index is 0.465. The smallest absolute Gasteiger partial charge is 0.119 e. The van der Waals surface area contributed by atoms with Gasteiger partial charge in [-0.1, -0.05) is 68.3 Å². The topological polar surface area (TPSA) is 18.5 Å². The number of halogens is 2. The van der Waals surface area contributed by atoms with Crippen LogP contribution in [0.4, 0.5) is 0 Å². The predicted octanol–water partition coefficient (Wildman–Crippen LogP) is 8.37. The first-order valence-electron chi connectivity index (χ1n) is 11.1. The van der Waals surface area contributed by atoms with Gasteiger partial charge < -0.3 is 9.47 Å². The van der Waals surface area contributed by atoms with Crippen molar-refractivity contribution in [2.24, 2.45) is 0 Å². The summed E-state index contributed by atoms with van der Waals surface area (Å²) in [5.74, 6) is 1.76. The average Bonchev–Trinajstić information content (AvgIpc) is 3.10. The number of rotatable bonds is 6. The van der Waals surface area contributed by atoms with E-state index >= 15 is 0 Å². The molecule has 0 aromatic heterocycles. The highest BCUT2D eigenvalue weighted by atomic mass is 79.9. The summed E-state index contributed by atoms with van der Waals surface area (Å²) in [4.78, 5) is 0. The second-order valence-electron chi connectivity index (χ2n) is 8.04. The lowest BCUT2D eigenvalue weighted by Gasteiger charge is -2.34. The molecular formula is C29H24Br2O2. The maximum atomic E-state index is 5.75. The molecule has 0 unspecified atom stereocenters. The largest absolute Gasteiger partial charge is 0.494 e. The maximum absolute atomic E-state index is 5.75. The van der Waals surface area contributed by atoms with E-state index in [1.54, 1.807) is 0 Å². The van der Waals surface area contributed by atoms with Gasteiger partial charge in [0.15, 0.2) is 0 Å². The molecule has 0 aliphatic heterocycles. The Labute approximate surface area is 211 Å². The van der Waals surface area contributed by atoms with Crippen molar-refractivity contribution in [3.8, 4) is 22.6 Å². The van der Waals surface area contributed by atoms with Crippen molar-refractivity contribution in [1.82, 2.24) is 0 Å². The van der Waals surface area contributed by atoms with Crippen LogP contribution in [-0.2, 0) is 5.41 Å². The highest BCUT2D eigenvalue weighted by molar-refractivity contribution is 9.10. The minimum atomic E-state index is -0.465. The molecule has 0 heterocycles. The Bertz CT molecular complexity index is 1190. The highest BCUT2D eigenvalue weighted by Crippen LogP contribution is 2.57. The first kappa shape index (κ1) is 22.2. The molecule has 1 aliphatic rings. The van der Waals surface area contributed by atoms with Crippen molar-refractivity contribution in [3.63, 3.8) is 0 Å². The quantitative estimate of drug-likeness (QED) is 0.206. The summed E-state index contributed by atoms with van der Waals surface area (Å²) in [6.45, 7) is 5.31. The van der Waals surface area contributed by atoms with Crippen LogP contribution in [0.2, 0.25) is 0 Å². The van der Waals surface area contributed by atoms with Gasteiger partial charge in [0.1, 0.15) is 11.5 Å². The van der Waals surface area contributed by atoms with E-state index in [1.165, 1.54) is 33.4 Å². The molecule has 0 fully saturated rings. The first-order valence-corrected chi connectivity index (χ1v) is 12.7. The Hall–Kier alpha value is -2.56. The van der Waals surface area contributed by atoms with E-state index in [1.807, 2.05) is 13.8 Å². The normalized spacial score (nSPS) is 13.3. The summed E-state index contributed by atoms with van der Waals surface area (Å²) in [5, 5.41) is 0. The van der Waals surface area contributed by atoms with Crippen LogP contribution in [0.1, 0.15) is 36.1 Å². The first-order chi connectivity index (χ1) is 16.1. The molecule has 0 amide bonds. The monoisotopic (exact) mass is 562 g/mol. The fourth-order valence-electron chi connectivity index (χ4n) is 4.99. The minimum Gasteiger partial charge on any atom is -0.494 e. The van der Waals surface area contributed by atoms with E-state index in [0.717, 1.165) is 20.4 Å². The zero-order valence-electron chi connectivity index (χ0n) is 18.6. The van der Waals surface area contributed by atoms with Gasteiger partial charge in [-0.05, 0) is 95.8 Å². The summed E-state index contributed by atoms with van der Waals surface area (Å²) in [7, 11) is 0. The second-order valence-corrected chi connectivity index (χ2v) is 9.88. The van der Waals surface area contributed by atoms with E-state index in [-0.39, 0.29) is 0 Å². The van der Waals surface area contributed by atoms with Crippen molar-refractivity contribution in [2.45, 2.75) is 19.3 Å². The molecule has 4 aromatic carbocycles. The molecule has 5 rings (SSSR count). The van der Waals surface area contributed by atoms with Crippen LogP contribution in [0.25, 0.3) is 11.1 Å². The average molecular weight is 564 g/mol. The van der Waals surface area contributed by atoms with Gasteiger partial charge in [-0.3, -0.25) is 0 Å². The van der Waals surface area contributed by atoms with Gasteiger partial charge in [0.05, 0.1) is 18.6 Å². The lowest BCUT2D eigenvalue weighted by Crippen LogP contribution is -2.28. The lowest BCUT2D eigenvalue weighted by molar-refractivity contribution is 0.340. The third-order valence-corrected chi connectivity index (χ3v) is 7.24. The Morgan fingerprint density at radius 1 is 0.576 bits per heavy atom. The molecule has 166 valence electrons. The van der Waals surface area contributed by atoms with Crippen LogP contribution in [0, 0.1) is 0 Å². The number of benzene rings is 4. The fourth-order valence-corrected chi connectivity index (χ4v) is 5.71. The number of hydrogen-bond acceptors (Lipinski definition) is 2. The van der Waals surface area contributed by atoms with Crippen LogP contribution < -0.4 is 9.47 Å².